The predicted molar refractivity (Wildman–Crippen MR) is 95.5 cm³/mol. The molecule has 1 fully saturated rings. The number of halogens is 2. The average Bonchev–Trinajstić information content (AvgIpc) is 3.04. The maximum Gasteiger partial charge on any atom is -1.00 e. The third-order valence-electron chi connectivity index (χ3n) is 5.72. The molecule has 138 valence electrons. The molecule has 3 aliphatic rings. The number of allylic oxidation sites excluding steroid dienone is 2. The van der Waals surface area contributed by atoms with Gasteiger partial charge in [0.15, 0.2) is 0 Å². The van der Waals surface area contributed by atoms with Crippen molar-refractivity contribution in [3.05, 3.63) is 81.9 Å². The molecule has 0 amide bonds. The minimum absolute atomic E-state index is 0. The van der Waals surface area contributed by atoms with Gasteiger partial charge >= 0.3 is 160 Å². The van der Waals surface area contributed by atoms with Gasteiger partial charge in [-0.2, -0.15) is 0 Å². The number of fused-ring (bicyclic) bond motifs is 6. The minimum atomic E-state index is -0.791. The fourth-order valence-electron chi connectivity index (χ4n) is 4.71. The molecule has 2 aromatic carbocycles. The molecule has 0 radical (unpaired) electrons. The van der Waals surface area contributed by atoms with Gasteiger partial charge in [0, 0.05) is 0 Å². The van der Waals surface area contributed by atoms with E-state index in [1.807, 2.05) is 14.2 Å². The van der Waals surface area contributed by atoms with Gasteiger partial charge in [0.05, 0.1) is 0 Å². The zero-order chi connectivity index (χ0) is 17.0. The van der Waals surface area contributed by atoms with Crippen molar-refractivity contribution >= 4 is 11.5 Å². The van der Waals surface area contributed by atoms with E-state index < -0.39 is 23.2 Å². The Morgan fingerprint density at radius 1 is 0.704 bits per heavy atom. The molecule has 1 heterocycles. The molecule has 0 saturated carbocycles. The van der Waals surface area contributed by atoms with Gasteiger partial charge in [0.2, 0.25) is 0 Å². The van der Waals surface area contributed by atoms with Gasteiger partial charge < -0.3 is 24.8 Å². The Labute approximate surface area is 184 Å². The second-order valence-electron chi connectivity index (χ2n) is 6.82. The standard InChI is InChI=1S/C22H20O2.2ClH.Zr/c1-23-21-17(13-15-7-3-5-9-19(15)21)11-12-18-14-16-8-4-6-10-20(16)22(18)24-2;;;/h3-10,13-14H,11-12H2,1-2H3;2*1H;/q;;;+2/p-2. The summed E-state index contributed by atoms with van der Waals surface area (Å²) in [7, 11) is 3.65. The van der Waals surface area contributed by atoms with Gasteiger partial charge in [-0.1, -0.05) is 0 Å². The van der Waals surface area contributed by atoms with Crippen LogP contribution in [0.1, 0.15) is 42.3 Å². The van der Waals surface area contributed by atoms with Gasteiger partial charge in [-0.25, -0.2) is 0 Å². The number of hydrogen-bond donors (Lipinski definition) is 0. The summed E-state index contributed by atoms with van der Waals surface area (Å²) in [6.45, 7) is 0. The van der Waals surface area contributed by atoms with E-state index in [-0.39, 0.29) is 24.8 Å². The zero-order valence-electron chi connectivity index (χ0n) is 15.3. The maximum atomic E-state index is 5.87. The van der Waals surface area contributed by atoms with Gasteiger partial charge in [-0.15, -0.1) is 0 Å². The number of ether oxygens (including phenoxy) is 2. The second kappa shape index (κ2) is 8.15. The minimum Gasteiger partial charge on any atom is -1.00 e. The van der Waals surface area contributed by atoms with Crippen molar-refractivity contribution in [3.63, 3.8) is 0 Å². The summed E-state index contributed by atoms with van der Waals surface area (Å²) in [5.74, 6) is 2.30. The number of hydrogen-bond acceptors (Lipinski definition) is 2. The first-order valence-corrected chi connectivity index (χ1v) is 11.7. The average molecular weight is 479 g/mol. The summed E-state index contributed by atoms with van der Waals surface area (Å²) in [6.07, 6.45) is 2.19. The molecule has 2 atom stereocenters. The van der Waals surface area contributed by atoms with Crippen LogP contribution in [0.15, 0.2) is 59.7 Å². The van der Waals surface area contributed by atoms with Crippen LogP contribution in [0.3, 0.4) is 0 Å². The predicted octanol–water partition coefficient (Wildman–Crippen LogP) is -0.904. The Morgan fingerprint density at radius 3 is 1.52 bits per heavy atom. The molecule has 0 spiro atoms. The third kappa shape index (κ3) is 3.03. The van der Waals surface area contributed by atoms with Crippen LogP contribution in [0, 0.1) is 0 Å². The Balaban J connectivity index is 0.00000105. The van der Waals surface area contributed by atoms with Crippen LogP contribution in [0.2, 0.25) is 0 Å². The van der Waals surface area contributed by atoms with Gasteiger partial charge in [0.1, 0.15) is 0 Å². The summed E-state index contributed by atoms with van der Waals surface area (Å²) in [5, 5.41) is 0. The zero-order valence-corrected chi connectivity index (χ0v) is 19.2. The van der Waals surface area contributed by atoms with Crippen LogP contribution < -0.4 is 24.8 Å². The van der Waals surface area contributed by atoms with Gasteiger partial charge in [-0.3, -0.25) is 0 Å². The number of methoxy groups -OCH3 is 2. The quantitative estimate of drug-likeness (QED) is 0.557. The van der Waals surface area contributed by atoms with Crippen LogP contribution >= 0.6 is 0 Å². The molecular formula is C22H20Cl2O2Zr. The first kappa shape index (κ1) is 20.7. The summed E-state index contributed by atoms with van der Waals surface area (Å²) in [5.41, 5.74) is 8.76. The molecule has 1 saturated heterocycles. The van der Waals surface area contributed by atoms with Crippen molar-refractivity contribution < 1.29 is 57.5 Å². The smallest absolute Gasteiger partial charge is 1.00 e. The fourth-order valence-corrected chi connectivity index (χ4v) is 9.99. The van der Waals surface area contributed by atoms with Crippen molar-refractivity contribution in [2.75, 3.05) is 14.2 Å². The summed E-state index contributed by atoms with van der Waals surface area (Å²) < 4.78 is 13.0. The van der Waals surface area contributed by atoms with Crippen LogP contribution in [0.4, 0.5) is 0 Å². The maximum absolute atomic E-state index is 5.87. The molecular weight excluding hydrogens is 458 g/mol. The fraction of sp³-hybridized carbons (Fsp3) is 0.273. The van der Waals surface area contributed by atoms with Crippen LogP contribution in [-0.2, 0) is 32.7 Å². The Morgan fingerprint density at radius 2 is 1.11 bits per heavy atom. The molecule has 5 heteroatoms. The topological polar surface area (TPSA) is 18.5 Å². The Bertz CT molecular complexity index is 860. The van der Waals surface area contributed by atoms with E-state index >= 15 is 0 Å². The number of rotatable bonds is 2. The SMILES string of the molecule is COC1=C2CCC3=C(OC)c4ccccc4[CH]3[Zr+2][CH]2c2ccccc21.[Cl-].[Cl-]. The van der Waals surface area contributed by atoms with Gasteiger partial charge in [0.25, 0.3) is 0 Å². The molecule has 0 aromatic heterocycles. The molecule has 2 aliphatic carbocycles. The molecule has 5 rings (SSSR count). The van der Waals surface area contributed by atoms with Crippen molar-refractivity contribution in [2.24, 2.45) is 0 Å². The van der Waals surface area contributed by atoms with E-state index in [0.29, 0.717) is 7.25 Å². The Kier molecular flexibility index (Phi) is 6.25. The number of benzene rings is 2. The van der Waals surface area contributed by atoms with E-state index in [1.54, 1.807) is 11.1 Å². The van der Waals surface area contributed by atoms with Crippen LogP contribution in [-0.4, -0.2) is 14.2 Å². The molecule has 0 bridgehead atoms. The molecule has 2 unspecified atom stereocenters. The van der Waals surface area contributed by atoms with Crippen molar-refractivity contribution in [1.29, 1.82) is 0 Å². The normalized spacial score (nSPS) is 21.3. The summed E-state index contributed by atoms with van der Waals surface area (Å²) in [4.78, 5) is 0. The first-order chi connectivity index (χ1) is 12.3. The van der Waals surface area contributed by atoms with Gasteiger partial charge in [-0.05, 0) is 0 Å². The van der Waals surface area contributed by atoms with E-state index in [9.17, 15) is 0 Å². The van der Waals surface area contributed by atoms with Crippen LogP contribution in [0.25, 0.3) is 11.5 Å². The van der Waals surface area contributed by atoms with E-state index in [4.69, 9.17) is 9.47 Å². The summed E-state index contributed by atoms with van der Waals surface area (Å²) in [6, 6.07) is 17.7. The second-order valence-corrected chi connectivity index (χ2v) is 10.5. The van der Waals surface area contributed by atoms with Crippen LogP contribution in [0.5, 0.6) is 0 Å². The van der Waals surface area contributed by atoms with E-state index in [0.717, 1.165) is 24.4 Å². The Hall–Kier alpha value is -1.02. The third-order valence-corrected chi connectivity index (χ3v) is 10.6. The molecule has 27 heavy (non-hydrogen) atoms. The molecule has 1 aliphatic heterocycles. The summed E-state index contributed by atoms with van der Waals surface area (Å²) >= 11 is -0.791. The molecule has 0 N–H and O–H groups in total. The monoisotopic (exact) mass is 476 g/mol. The largest absolute Gasteiger partial charge is 1.00 e. The first-order valence-electron chi connectivity index (χ1n) is 8.82. The molecule has 2 nitrogen and oxygen atoms in total. The van der Waals surface area contributed by atoms with Crippen molar-refractivity contribution in [1.82, 2.24) is 0 Å². The van der Waals surface area contributed by atoms with E-state index in [1.165, 1.54) is 22.3 Å². The van der Waals surface area contributed by atoms with E-state index in [2.05, 4.69) is 48.5 Å². The van der Waals surface area contributed by atoms with Crippen molar-refractivity contribution in [2.45, 2.75) is 20.1 Å². The van der Waals surface area contributed by atoms with Crippen molar-refractivity contribution in [3.8, 4) is 0 Å². The molecule has 2 aromatic rings.